The molecule has 1 aliphatic heterocycles. The van der Waals surface area contributed by atoms with Gasteiger partial charge in [-0.05, 0) is 18.2 Å². The predicted molar refractivity (Wildman–Crippen MR) is 92.4 cm³/mol. The second kappa shape index (κ2) is 7.44. The number of rotatable bonds is 6. The van der Waals surface area contributed by atoms with Gasteiger partial charge in [-0.2, -0.15) is 4.31 Å². The van der Waals surface area contributed by atoms with Crippen LogP contribution in [0.1, 0.15) is 5.76 Å². The van der Waals surface area contributed by atoms with E-state index in [0.29, 0.717) is 44.2 Å². The van der Waals surface area contributed by atoms with Gasteiger partial charge in [0.2, 0.25) is 10.0 Å². The van der Waals surface area contributed by atoms with Gasteiger partial charge in [-0.3, -0.25) is 15.0 Å². The third-order valence-electron chi connectivity index (χ3n) is 4.22. The molecule has 0 spiro atoms. The van der Waals surface area contributed by atoms with Crippen LogP contribution in [-0.4, -0.2) is 55.8 Å². The highest BCUT2D eigenvalue weighted by Crippen LogP contribution is 2.23. The van der Waals surface area contributed by atoms with Crippen LogP contribution in [-0.2, 0) is 16.6 Å². The molecule has 0 aliphatic carbocycles. The molecule has 1 aliphatic rings. The van der Waals surface area contributed by atoms with Crippen LogP contribution in [0, 0.1) is 10.1 Å². The summed E-state index contributed by atoms with van der Waals surface area (Å²) in [5, 5.41) is 10.7. The molecule has 2 aromatic rings. The molecule has 1 saturated heterocycles. The highest BCUT2D eigenvalue weighted by atomic mass is 32.2. The van der Waals surface area contributed by atoms with E-state index in [1.807, 2.05) is 4.90 Å². The lowest BCUT2D eigenvalue weighted by atomic mass is 10.3. The van der Waals surface area contributed by atoms with Crippen molar-refractivity contribution in [2.45, 2.75) is 11.4 Å². The van der Waals surface area contributed by atoms with Gasteiger partial charge in [0.25, 0.3) is 0 Å². The van der Waals surface area contributed by atoms with E-state index < -0.39 is 14.9 Å². The minimum absolute atomic E-state index is 0.201. The van der Waals surface area contributed by atoms with Crippen molar-refractivity contribution in [3.05, 3.63) is 52.3 Å². The van der Waals surface area contributed by atoms with Crippen molar-refractivity contribution >= 4 is 15.9 Å². The molecule has 1 aromatic carbocycles. The van der Waals surface area contributed by atoms with Gasteiger partial charge in [-0.1, -0.05) is 6.07 Å². The third kappa shape index (κ3) is 3.87. The Morgan fingerprint density at radius 3 is 2.54 bits per heavy atom. The average Bonchev–Trinajstić information content (AvgIpc) is 3.11. The first-order valence-corrected chi connectivity index (χ1v) is 9.44. The van der Waals surface area contributed by atoms with Crippen molar-refractivity contribution < 1.29 is 22.5 Å². The normalized spacial score (nSPS) is 16.5. The van der Waals surface area contributed by atoms with E-state index >= 15 is 0 Å². The maximum Gasteiger partial charge on any atom is 0.433 e. The number of hydrogen-bond donors (Lipinski definition) is 0. The number of methoxy groups -OCH3 is 1. The molecule has 0 amide bonds. The SMILES string of the molecule is COc1cccc(S(=O)(=O)N2CCN(Cc3ccc([N+](=O)[O-])o3)CC2)c1. The Hall–Kier alpha value is -2.43. The lowest BCUT2D eigenvalue weighted by Gasteiger charge is -2.33. The summed E-state index contributed by atoms with van der Waals surface area (Å²) in [5.41, 5.74) is 0. The van der Waals surface area contributed by atoms with E-state index in [-0.39, 0.29) is 10.8 Å². The molecule has 0 radical (unpaired) electrons. The third-order valence-corrected chi connectivity index (χ3v) is 6.11. The van der Waals surface area contributed by atoms with Crippen molar-refractivity contribution in [2.24, 2.45) is 0 Å². The lowest BCUT2D eigenvalue weighted by Crippen LogP contribution is -2.48. The number of nitro groups is 1. The average molecular weight is 381 g/mol. The van der Waals surface area contributed by atoms with Gasteiger partial charge in [0.1, 0.15) is 16.4 Å². The lowest BCUT2D eigenvalue weighted by molar-refractivity contribution is -0.402. The Balaban J connectivity index is 1.62. The highest BCUT2D eigenvalue weighted by Gasteiger charge is 2.29. The first-order valence-electron chi connectivity index (χ1n) is 8.00. The molecule has 0 N–H and O–H groups in total. The number of ether oxygens (including phenoxy) is 1. The molecule has 1 aromatic heterocycles. The number of furan rings is 1. The molecule has 2 heterocycles. The fourth-order valence-electron chi connectivity index (χ4n) is 2.81. The fourth-order valence-corrected chi connectivity index (χ4v) is 4.27. The van der Waals surface area contributed by atoms with Crippen LogP contribution >= 0.6 is 0 Å². The topological polar surface area (TPSA) is 106 Å². The molecule has 0 saturated carbocycles. The van der Waals surface area contributed by atoms with Crippen LogP contribution in [0.2, 0.25) is 0 Å². The second-order valence-electron chi connectivity index (χ2n) is 5.86. The molecule has 140 valence electrons. The van der Waals surface area contributed by atoms with Crippen LogP contribution in [0.3, 0.4) is 0 Å². The van der Waals surface area contributed by atoms with E-state index in [2.05, 4.69) is 0 Å². The smallest absolute Gasteiger partial charge is 0.433 e. The number of benzene rings is 1. The van der Waals surface area contributed by atoms with E-state index in [0.717, 1.165) is 0 Å². The molecular weight excluding hydrogens is 362 g/mol. The van der Waals surface area contributed by atoms with Crippen LogP contribution in [0.25, 0.3) is 0 Å². The Morgan fingerprint density at radius 2 is 1.92 bits per heavy atom. The number of hydrogen-bond acceptors (Lipinski definition) is 7. The zero-order valence-electron chi connectivity index (χ0n) is 14.2. The highest BCUT2D eigenvalue weighted by molar-refractivity contribution is 7.89. The van der Waals surface area contributed by atoms with E-state index in [1.165, 1.54) is 23.5 Å². The van der Waals surface area contributed by atoms with Crippen molar-refractivity contribution in [1.82, 2.24) is 9.21 Å². The van der Waals surface area contributed by atoms with Crippen molar-refractivity contribution in [3.8, 4) is 5.75 Å². The van der Waals surface area contributed by atoms with Gasteiger partial charge < -0.3 is 9.15 Å². The minimum atomic E-state index is -3.58. The van der Waals surface area contributed by atoms with Crippen LogP contribution < -0.4 is 4.74 Å². The largest absolute Gasteiger partial charge is 0.497 e. The molecule has 10 heteroatoms. The molecule has 1 fully saturated rings. The molecule has 26 heavy (non-hydrogen) atoms. The Morgan fingerprint density at radius 1 is 1.19 bits per heavy atom. The maximum atomic E-state index is 12.8. The van der Waals surface area contributed by atoms with E-state index in [1.54, 1.807) is 24.3 Å². The summed E-state index contributed by atoms with van der Waals surface area (Å²) >= 11 is 0. The standard InChI is InChI=1S/C16H19N3O6S/c1-24-13-3-2-4-15(11-13)26(22,23)18-9-7-17(8-10-18)12-14-5-6-16(25-14)19(20)21/h2-6,11H,7-10,12H2,1H3. The summed E-state index contributed by atoms with van der Waals surface area (Å²) in [6.07, 6.45) is 0. The summed E-state index contributed by atoms with van der Waals surface area (Å²) in [5.74, 6) is 0.684. The summed E-state index contributed by atoms with van der Waals surface area (Å²) < 4.78 is 37.2. The first-order chi connectivity index (χ1) is 12.4. The molecule has 0 unspecified atom stereocenters. The maximum absolute atomic E-state index is 12.8. The predicted octanol–water partition coefficient (Wildman–Crippen LogP) is 1.70. The molecule has 0 bridgehead atoms. The Labute approximate surface area is 151 Å². The minimum Gasteiger partial charge on any atom is -0.497 e. The summed E-state index contributed by atoms with van der Waals surface area (Å²) in [6, 6.07) is 9.28. The first kappa shape index (κ1) is 18.4. The monoisotopic (exact) mass is 381 g/mol. The van der Waals surface area contributed by atoms with E-state index in [9.17, 15) is 18.5 Å². The zero-order chi connectivity index (χ0) is 18.7. The van der Waals surface area contributed by atoms with Gasteiger partial charge in [-0.15, -0.1) is 0 Å². The molecular formula is C16H19N3O6S. The quantitative estimate of drug-likeness (QED) is 0.554. The Bertz CT molecular complexity index is 887. The van der Waals surface area contributed by atoms with Gasteiger partial charge in [-0.25, -0.2) is 8.42 Å². The van der Waals surface area contributed by atoms with Gasteiger partial charge in [0.05, 0.1) is 24.6 Å². The number of nitrogens with zero attached hydrogens (tertiary/aromatic N) is 3. The summed E-state index contributed by atoms with van der Waals surface area (Å²) in [4.78, 5) is 12.3. The van der Waals surface area contributed by atoms with Gasteiger partial charge in [0.15, 0.2) is 0 Å². The van der Waals surface area contributed by atoms with Crippen LogP contribution in [0.4, 0.5) is 5.88 Å². The van der Waals surface area contributed by atoms with Crippen LogP contribution in [0.15, 0.2) is 45.7 Å². The van der Waals surface area contributed by atoms with Crippen LogP contribution in [0.5, 0.6) is 5.75 Å². The summed E-state index contributed by atoms with van der Waals surface area (Å²) in [7, 11) is -2.09. The zero-order valence-corrected chi connectivity index (χ0v) is 15.0. The second-order valence-corrected chi connectivity index (χ2v) is 7.79. The number of sulfonamides is 1. The Kier molecular flexibility index (Phi) is 5.25. The van der Waals surface area contributed by atoms with Gasteiger partial charge >= 0.3 is 5.88 Å². The fraction of sp³-hybridized carbons (Fsp3) is 0.375. The summed E-state index contributed by atoms with van der Waals surface area (Å²) in [6.45, 7) is 2.10. The van der Waals surface area contributed by atoms with Crippen molar-refractivity contribution in [3.63, 3.8) is 0 Å². The molecule has 0 atom stereocenters. The van der Waals surface area contributed by atoms with Crippen molar-refractivity contribution in [2.75, 3.05) is 33.3 Å². The van der Waals surface area contributed by atoms with Crippen molar-refractivity contribution in [1.29, 1.82) is 0 Å². The molecule has 3 rings (SSSR count). The molecule has 9 nitrogen and oxygen atoms in total. The van der Waals surface area contributed by atoms with Gasteiger partial charge in [0, 0.05) is 32.2 Å². The number of piperazine rings is 1. The van der Waals surface area contributed by atoms with E-state index in [4.69, 9.17) is 9.15 Å².